The summed E-state index contributed by atoms with van der Waals surface area (Å²) in [4.78, 5) is 17.1. The van der Waals surface area contributed by atoms with E-state index in [0.29, 0.717) is 34.7 Å². The van der Waals surface area contributed by atoms with Gasteiger partial charge in [0.1, 0.15) is 15.8 Å². The fourth-order valence-corrected chi connectivity index (χ4v) is 4.29. The molecule has 2 fully saturated rings. The van der Waals surface area contributed by atoms with E-state index in [2.05, 4.69) is 4.90 Å². The number of rotatable bonds is 5. The number of furan rings is 1. The molecule has 4 rings (SSSR count). The van der Waals surface area contributed by atoms with E-state index in [1.807, 2.05) is 36.4 Å². The number of carbonyl (C=O) groups excluding carboxylic acids is 1. The van der Waals surface area contributed by atoms with Gasteiger partial charge in [0.25, 0.3) is 5.91 Å². The number of hydrogen-bond donors (Lipinski definition) is 0. The Kier molecular flexibility index (Phi) is 5.70. The van der Waals surface area contributed by atoms with Crippen molar-refractivity contribution in [2.45, 2.75) is 6.54 Å². The van der Waals surface area contributed by atoms with Crippen LogP contribution in [0.25, 0.3) is 6.08 Å². The molecule has 0 atom stereocenters. The number of carbonyl (C=O) groups is 1. The van der Waals surface area contributed by atoms with Crippen molar-refractivity contribution in [3.63, 3.8) is 0 Å². The standard InChI is InChI=1S/C20H20N2O4S2/c1-24-15-4-2-14(3-5-15)13-22-19(23)17(28-20(22)27)12-16-6-7-18(26-16)21-8-10-25-11-9-21/h2-7,12H,8-11,13H2,1H3/b17-12-. The Bertz CT molecular complexity index is 901. The Morgan fingerprint density at radius 1 is 1.18 bits per heavy atom. The normalized spacial score (nSPS) is 19.0. The summed E-state index contributed by atoms with van der Waals surface area (Å²) in [5.74, 6) is 2.12. The lowest BCUT2D eigenvalue weighted by Crippen LogP contribution is -2.35. The number of methoxy groups -OCH3 is 1. The van der Waals surface area contributed by atoms with Crippen LogP contribution in [0.1, 0.15) is 11.3 Å². The molecule has 2 aromatic rings. The van der Waals surface area contributed by atoms with Gasteiger partial charge in [-0.15, -0.1) is 0 Å². The van der Waals surface area contributed by atoms with Gasteiger partial charge in [-0.1, -0.05) is 36.1 Å². The maximum absolute atomic E-state index is 12.8. The van der Waals surface area contributed by atoms with Crippen LogP contribution in [-0.4, -0.2) is 48.5 Å². The number of hydrogen-bond acceptors (Lipinski definition) is 7. The lowest BCUT2D eigenvalue weighted by molar-refractivity contribution is -0.122. The predicted octanol–water partition coefficient (Wildman–Crippen LogP) is 3.53. The van der Waals surface area contributed by atoms with E-state index in [9.17, 15) is 4.79 Å². The van der Waals surface area contributed by atoms with E-state index >= 15 is 0 Å². The van der Waals surface area contributed by atoms with Gasteiger partial charge in [0.05, 0.1) is 31.8 Å². The summed E-state index contributed by atoms with van der Waals surface area (Å²) < 4.78 is 17.0. The van der Waals surface area contributed by atoms with E-state index in [0.717, 1.165) is 30.3 Å². The minimum absolute atomic E-state index is 0.102. The zero-order valence-corrected chi connectivity index (χ0v) is 17.1. The molecule has 8 heteroatoms. The van der Waals surface area contributed by atoms with Crippen LogP contribution in [0.15, 0.2) is 45.7 Å². The van der Waals surface area contributed by atoms with Gasteiger partial charge >= 0.3 is 0 Å². The van der Waals surface area contributed by atoms with Crippen molar-refractivity contribution in [3.8, 4) is 5.75 Å². The highest BCUT2D eigenvalue weighted by molar-refractivity contribution is 8.26. The largest absolute Gasteiger partial charge is 0.497 e. The summed E-state index contributed by atoms with van der Waals surface area (Å²) in [5, 5.41) is 0. The van der Waals surface area contributed by atoms with E-state index in [1.165, 1.54) is 11.8 Å². The summed E-state index contributed by atoms with van der Waals surface area (Å²) in [5.41, 5.74) is 0.992. The van der Waals surface area contributed by atoms with Crippen molar-refractivity contribution < 1.29 is 18.7 Å². The second kappa shape index (κ2) is 8.38. The number of benzene rings is 1. The Morgan fingerprint density at radius 2 is 1.93 bits per heavy atom. The smallest absolute Gasteiger partial charge is 0.266 e. The number of ether oxygens (including phenoxy) is 2. The van der Waals surface area contributed by atoms with Gasteiger partial charge < -0.3 is 18.8 Å². The van der Waals surface area contributed by atoms with Crippen LogP contribution in [0.5, 0.6) is 5.75 Å². The molecule has 146 valence electrons. The van der Waals surface area contributed by atoms with Gasteiger partial charge in [0.15, 0.2) is 5.88 Å². The first-order chi connectivity index (χ1) is 13.6. The van der Waals surface area contributed by atoms with Crippen LogP contribution in [0.3, 0.4) is 0 Å². The lowest BCUT2D eigenvalue weighted by Gasteiger charge is -2.26. The van der Waals surface area contributed by atoms with Gasteiger partial charge in [-0.2, -0.15) is 0 Å². The Hall–Kier alpha value is -2.29. The Morgan fingerprint density at radius 3 is 2.64 bits per heavy atom. The number of thiocarbonyl (C=S) groups is 1. The molecule has 1 aromatic heterocycles. The maximum atomic E-state index is 12.8. The maximum Gasteiger partial charge on any atom is 0.266 e. The molecule has 1 aromatic carbocycles. The van der Waals surface area contributed by atoms with E-state index in [-0.39, 0.29) is 5.91 Å². The highest BCUT2D eigenvalue weighted by Crippen LogP contribution is 2.34. The van der Waals surface area contributed by atoms with Crippen molar-refractivity contribution in [2.24, 2.45) is 0 Å². The molecule has 0 saturated carbocycles. The molecular weight excluding hydrogens is 396 g/mol. The second-order valence-electron chi connectivity index (χ2n) is 6.39. The zero-order valence-electron chi connectivity index (χ0n) is 15.4. The zero-order chi connectivity index (χ0) is 19.5. The molecule has 0 bridgehead atoms. The number of morpholine rings is 1. The number of thioether (sulfide) groups is 1. The van der Waals surface area contributed by atoms with Crippen LogP contribution in [0.2, 0.25) is 0 Å². The van der Waals surface area contributed by atoms with Crippen LogP contribution in [0, 0.1) is 0 Å². The minimum atomic E-state index is -0.102. The van der Waals surface area contributed by atoms with Gasteiger partial charge in [-0.25, -0.2) is 0 Å². The van der Waals surface area contributed by atoms with Gasteiger partial charge in [0, 0.05) is 25.2 Å². The SMILES string of the molecule is COc1ccc(CN2C(=O)/C(=C/c3ccc(N4CCOCC4)o3)SC2=S)cc1. The number of nitrogens with zero attached hydrogens (tertiary/aromatic N) is 2. The highest BCUT2D eigenvalue weighted by atomic mass is 32.2. The van der Waals surface area contributed by atoms with Crippen LogP contribution >= 0.6 is 24.0 Å². The summed E-state index contributed by atoms with van der Waals surface area (Å²) in [7, 11) is 1.63. The monoisotopic (exact) mass is 416 g/mol. The first kappa shape index (κ1) is 19.0. The molecule has 28 heavy (non-hydrogen) atoms. The summed E-state index contributed by atoms with van der Waals surface area (Å²) in [6, 6.07) is 11.4. The fourth-order valence-electron chi connectivity index (χ4n) is 3.05. The van der Waals surface area contributed by atoms with Crippen molar-refractivity contribution >= 4 is 46.2 Å². The predicted molar refractivity (Wildman–Crippen MR) is 113 cm³/mol. The third-order valence-electron chi connectivity index (χ3n) is 4.58. The van der Waals surface area contributed by atoms with Crippen molar-refractivity contribution in [1.82, 2.24) is 4.90 Å². The average Bonchev–Trinajstić information content (AvgIpc) is 3.30. The van der Waals surface area contributed by atoms with Crippen molar-refractivity contribution in [2.75, 3.05) is 38.3 Å². The lowest BCUT2D eigenvalue weighted by atomic mass is 10.2. The molecule has 0 unspecified atom stereocenters. The topological polar surface area (TPSA) is 55.2 Å². The second-order valence-corrected chi connectivity index (χ2v) is 8.07. The molecule has 0 spiro atoms. The fraction of sp³-hybridized carbons (Fsp3) is 0.300. The molecule has 0 N–H and O–H groups in total. The van der Waals surface area contributed by atoms with E-state index < -0.39 is 0 Å². The molecule has 2 saturated heterocycles. The molecule has 2 aliphatic rings. The van der Waals surface area contributed by atoms with Crippen molar-refractivity contribution in [3.05, 3.63) is 52.6 Å². The molecular formula is C20H20N2O4S2. The van der Waals surface area contributed by atoms with Crippen molar-refractivity contribution in [1.29, 1.82) is 0 Å². The minimum Gasteiger partial charge on any atom is -0.497 e. The summed E-state index contributed by atoms with van der Waals surface area (Å²) >= 11 is 6.72. The van der Waals surface area contributed by atoms with Gasteiger partial charge in [-0.05, 0) is 23.8 Å². The molecule has 2 aliphatic heterocycles. The molecule has 3 heterocycles. The van der Waals surface area contributed by atoms with Gasteiger partial charge in [-0.3, -0.25) is 9.69 Å². The van der Waals surface area contributed by atoms with E-state index in [1.54, 1.807) is 18.1 Å². The highest BCUT2D eigenvalue weighted by Gasteiger charge is 2.32. The van der Waals surface area contributed by atoms with Gasteiger partial charge in [0.2, 0.25) is 0 Å². The summed E-state index contributed by atoms with van der Waals surface area (Å²) in [6.07, 6.45) is 1.76. The van der Waals surface area contributed by atoms with Crippen LogP contribution in [-0.2, 0) is 16.1 Å². The van der Waals surface area contributed by atoms with Crippen LogP contribution in [0.4, 0.5) is 5.88 Å². The third kappa shape index (κ3) is 4.09. The molecule has 1 amide bonds. The number of amides is 1. The first-order valence-electron chi connectivity index (χ1n) is 8.95. The average molecular weight is 417 g/mol. The van der Waals surface area contributed by atoms with E-state index in [4.69, 9.17) is 26.1 Å². The first-order valence-corrected chi connectivity index (χ1v) is 10.2. The number of anilines is 1. The molecule has 0 aliphatic carbocycles. The third-order valence-corrected chi connectivity index (χ3v) is 5.96. The Balaban J connectivity index is 1.46. The summed E-state index contributed by atoms with van der Waals surface area (Å²) in [6.45, 7) is 3.43. The molecule has 6 nitrogen and oxygen atoms in total. The quantitative estimate of drug-likeness (QED) is 0.546. The Labute approximate surface area is 173 Å². The molecule has 0 radical (unpaired) electrons. The van der Waals surface area contributed by atoms with Crippen LogP contribution < -0.4 is 9.64 Å².